The van der Waals surface area contributed by atoms with Gasteiger partial charge in [-0.05, 0) is 38.5 Å². The molecular weight excluding hydrogens is 382 g/mol. The summed E-state index contributed by atoms with van der Waals surface area (Å²) in [5.41, 5.74) is 3.33. The van der Waals surface area contributed by atoms with E-state index in [1.54, 1.807) is 30.0 Å². The predicted octanol–water partition coefficient (Wildman–Crippen LogP) is 3.97. The Labute approximate surface area is 176 Å². The van der Waals surface area contributed by atoms with E-state index in [0.717, 1.165) is 11.1 Å². The number of rotatable bonds is 6. The number of phenols is 1. The number of carbonyl (C=O) groups excluding carboxylic acids is 2. The number of allylic oxidation sites excluding steroid dienone is 1. The van der Waals surface area contributed by atoms with Crippen molar-refractivity contribution < 1.29 is 24.2 Å². The Balaban J connectivity index is 2.04. The second-order valence-electron chi connectivity index (χ2n) is 7.01. The molecule has 0 spiro atoms. The van der Waals surface area contributed by atoms with Crippen molar-refractivity contribution in [3.05, 3.63) is 76.0 Å². The molecule has 0 aromatic heterocycles. The van der Waals surface area contributed by atoms with Crippen molar-refractivity contribution in [3.8, 4) is 11.5 Å². The van der Waals surface area contributed by atoms with Crippen molar-refractivity contribution in [1.29, 1.82) is 0 Å². The van der Waals surface area contributed by atoms with Crippen LogP contribution >= 0.6 is 0 Å². The number of aryl methyl sites for hydroxylation is 1. The molecule has 0 saturated heterocycles. The van der Waals surface area contributed by atoms with Crippen LogP contribution in [0.1, 0.15) is 30.5 Å². The molecule has 1 amide bonds. The van der Waals surface area contributed by atoms with E-state index in [0.29, 0.717) is 30.2 Å². The number of benzene rings is 2. The lowest BCUT2D eigenvalue weighted by atomic mass is 10.0. The smallest absolute Gasteiger partial charge is 0.340 e. The van der Waals surface area contributed by atoms with Gasteiger partial charge in [0.2, 0.25) is 0 Å². The van der Waals surface area contributed by atoms with E-state index >= 15 is 0 Å². The monoisotopic (exact) mass is 407 g/mol. The molecule has 156 valence electrons. The molecule has 0 fully saturated rings. The number of methoxy groups -OCH3 is 1. The van der Waals surface area contributed by atoms with Crippen molar-refractivity contribution in [2.75, 3.05) is 13.7 Å². The number of esters is 1. The highest BCUT2D eigenvalue weighted by Crippen LogP contribution is 2.36. The maximum absolute atomic E-state index is 13.2. The summed E-state index contributed by atoms with van der Waals surface area (Å²) in [6.07, 6.45) is 1.51. The lowest BCUT2D eigenvalue weighted by Crippen LogP contribution is -2.24. The molecule has 1 heterocycles. The van der Waals surface area contributed by atoms with Gasteiger partial charge in [0.05, 0.1) is 31.4 Å². The Kier molecular flexibility index (Phi) is 6.26. The number of phenolic OH excluding ortho intramolecular Hbond substituents is 1. The average molecular weight is 407 g/mol. The molecule has 0 unspecified atom stereocenters. The van der Waals surface area contributed by atoms with Crippen molar-refractivity contribution in [2.24, 2.45) is 0 Å². The van der Waals surface area contributed by atoms with Crippen LogP contribution in [0.15, 0.2) is 59.3 Å². The van der Waals surface area contributed by atoms with Gasteiger partial charge in [-0.15, -0.1) is 0 Å². The topological polar surface area (TPSA) is 76.1 Å². The van der Waals surface area contributed by atoms with Gasteiger partial charge in [0, 0.05) is 11.3 Å². The third-order valence-corrected chi connectivity index (χ3v) is 4.99. The third-order valence-electron chi connectivity index (χ3n) is 4.99. The van der Waals surface area contributed by atoms with Crippen LogP contribution in [-0.2, 0) is 20.9 Å². The molecule has 1 aliphatic rings. The number of hydrogen-bond acceptors (Lipinski definition) is 5. The van der Waals surface area contributed by atoms with E-state index in [1.807, 2.05) is 38.1 Å². The molecule has 0 bridgehead atoms. The number of amides is 1. The van der Waals surface area contributed by atoms with E-state index in [1.165, 1.54) is 13.2 Å². The van der Waals surface area contributed by atoms with E-state index in [4.69, 9.17) is 9.47 Å². The molecular formula is C24H25NO5. The minimum absolute atomic E-state index is 0.0847. The first-order valence-corrected chi connectivity index (χ1v) is 9.70. The zero-order valence-corrected chi connectivity index (χ0v) is 17.6. The summed E-state index contributed by atoms with van der Waals surface area (Å²) in [7, 11) is 1.28. The highest BCUT2D eigenvalue weighted by atomic mass is 16.5. The largest absolute Gasteiger partial charge is 0.504 e. The Hall–Kier alpha value is -3.54. The van der Waals surface area contributed by atoms with Crippen LogP contribution in [0.5, 0.6) is 11.5 Å². The number of aromatic hydroxyl groups is 1. The first-order valence-electron chi connectivity index (χ1n) is 9.70. The first-order chi connectivity index (χ1) is 14.4. The van der Waals surface area contributed by atoms with Crippen LogP contribution in [0.4, 0.5) is 0 Å². The SMILES string of the molecule is CCOc1cccc(/C=C2\C(=O)N(Cc3ccc(C)cc3)C(C)=C2C(=O)OC)c1O. The Morgan fingerprint density at radius 2 is 1.83 bits per heavy atom. The van der Waals surface area contributed by atoms with Crippen LogP contribution in [-0.4, -0.2) is 35.6 Å². The molecule has 1 N–H and O–H groups in total. The van der Waals surface area contributed by atoms with Gasteiger partial charge < -0.3 is 19.5 Å². The van der Waals surface area contributed by atoms with E-state index in [-0.39, 0.29) is 22.8 Å². The summed E-state index contributed by atoms with van der Waals surface area (Å²) in [6.45, 7) is 6.25. The maximum atomic E-state index is 13.2. The highest BCUT2D eigenvalue weighted by molar-refractivity contribution is 6.16. The number of para-hydroxylation sites is 1. The lowest BCUT2D eigenvalue weighted by Gasteiger charge is -2.18. The molecule has 6 nitrogen and oxygen atoms in total. The fourth-order valence-electron chi connectivity index (χ4n) is 3.38. The maximum Gasteiger partial charge on any atom is 0.340 e. The van der Waals surface area contributed by atoms with Crippen LogP contribution in [0.3, 0.4) is 0 Å². The highest BCUT2D eigenvalue weighted by Gasteiger charge is 2.37. The molecule has 30 heavy (non-hydrogen) atoms. The molecule has 0 radical (unpaired) electrons. The summed E-state index contributed by atoms with van der Waals surface area (Å²) in [5, 5.41) is 10.5. The lowest BCUT2D eigenvalue weighted by molar-refractivity contribution is -0.136. The summed E-state index contributed by atoms with van der Waals surface area (Å²) in [5.74, 6) is -0.693. The van der Waals surface area contributed by atoms with Gasteiger partial charge in [-0.1, -0.05) is 42.0 Å². The van der Waals surface area contributed by atoms with Crippen LogP contribution in [0.2, 0.25) is 0 Å². The van der Waals surface area contributed by atoms with Crippen molar-refractivity contribution >= 4 is 18.0 Å². The Morgan fingerprint density at radius 3 is 2.47 bits per heavy atom. The molecule has 0 atom stereocenters. The van der Waals surface area contributed by atoms with Gasteiger partial charge in [-0.25, -0.2) is 4.79 Å². The molecule has 2 aromatic rings. The second kappa shape index (κ2) is 8.86. The first kappa shape index (κ1) is 21.2. The van der Waals surface area contributed by atoms with Gasteiger partial charge in [-0.2, -0.15) is 0 Å². The average Bonchev–Trinajstić information content (AvgIpc) is 2.96. The van der Waals surface area contributed by atoms with Gasteiger partial charge in [0.1, 0.15) is 0 Å². The number of ether oxygens (including phenoxy) is 2. The Morgan fingerprint density at radius 1 is 1.13 bits per heavy atom. The summed E-state index contributed by atoms with van der Waals surface area (Å²) in [4.78, 5) is 27.3. The minimum atomic E-state index is -0.598. The van der Waals surface area contributed by atoms with E-state index < -0.39 is 5.97 Å². The zero-order valence-electron chi connectivity index (χ0n) is 17.6. The van der Waals surface area contributed by atoms with E-state index in [2.05, 4.69) is 0 Å². The Bertz CT molecular complexity index is 1030. The number of hydrogen-bond donors (Lipinski definition) is 1. The van der Waals surface area contributed by atoms with Gasteiger partial charge in [-0.3, -0.25) is 4.79 Å². The van der Waals surface area contributed by atoms with Crippen LogP contribution in [0.25, 0.3) is 6.08 Å². The molecule has 0 aliphatic carbocycles. The van der Waals surface area contributed by atoms with Crippen LogP contribution < -0.4 is 4.74 Å². The number of nitrogens with zero attached hydrogens (tertiary/aromatic N) is 1. The quantitative estimate of drug-likeness (QED) is 0.579. The van der Waals surface area contributed by atoms with Gasteiger partial charge >= 0.3 is 5.97 Å². The molecule has 0 saturated carbocycles. The zero-order chi connectivity index (χ0) is 21.8. The summed E-state index contributed by atoms with van der Waals surface area (Å²) in [6, 6.07) is 12.9. The second-order valence-corrected chi connectivity index (χ2v) is 7.01. The fourth-order valence-corrected chi connectivity index (χ4v) is 3.38. The molecule has 1 aliphatic heterocycles. The van der Waals surface area contributed by atoms with Crippen LogP contribution in [0, 0.1) is 6.92 Å². The fraction of sp³-hybridized carbons (Fsp3) is 0.250. The standard InChI is InChI=1S/C24H25NO5/c1-5-30-20-8-6-7-18(22(20)26)13-19-21(24(28)29-4)16(3)25(23(19)27)14-17-11-9-15(2)10-12-17/h6-13,26H,5,14H2,1-4H3/b19-13-. The number of carbonyl (C=O) groups is 2. The minimum Gasteiger partial charge on any atom is -0.504 e. The summed E-state index contributed by atoms with van der Waals surface area (Å²) < 4.78 is 10.3. The van der Waals surface area contributed by atoms with Crippen molar-refractivity contribution in [3.63, 3.8) is 0 Å². The van der Waals surface area contributed by atoms with E-state index in [9.17, 15) is 14.7 Å². The predicted molar refractivity (Wildman–Crippen MR) is 114 cm³/mol. The molecule has 2 aromatic carbocycles. The van der Waals surface area contributed by atoms with Crippen molar-refractivity contribution in [2.45, 2.75) is 27.3 Å². The third kappa shape index (κ3) is 4.08. The van der Waals surface area contributed by atoms with Gasteiger partial charge in [0.15, 0.2) is 11.5 Å². The normalized spacial score (nSPS) is 15.1. The summed E-state index contributed by atoms with van der Waals surface area (Å²) >= 11 is 0. The molecule has 6 heteroatoms. The van der Waals surface area contributed by atoms with Crippen molar-refractivity contribution in [1.82, 2.24) is 4.90 Å². The molecule has 3 rings (SSSR count). The van der Waals surface area contributed by atoms with Gasteiger partial charge in [0.25, 0.3) is 5.91 Å².